The Labute approximate surface area is 212 Å². The Morgan fingerprint density at radius 2 is 1.71 bits per heavy atom. The Balaban J connectivity index is 0.000000269. The fourth-order valence-corrected chi connectivity index (χ4v) is 3.32. The predicted molar refractivity (Wildman–Crippen MR) is 127 cm³/mol. The van der Waals surface area contributed by atoms with Crippen molar-refractivity contribution >= 4 is 58.2 Å². The van der Waals surface area contributed by atoms with Crippen molar-refractivity contribution < 1.29 is 18.1 Å². The quantitative estimate of drug-likeness (QED) is 0.265. The van der Waals surface area contributed by atoms with Crippen LogP contribution in [0.25, 0.3) is 5.69 Å². The number of nitrogens with two attached hydrogens (primary N) is 1. The lowest BCUT2D eigenvalue weighted by Crippen LogP contribution is -2.14. The molecule has 2 aromatic heterocycles. The van der Waals surface area contributed by atoms with E-state index in [1.807, 2.05) is 20.8 Å². The maximum absolute atomic E-state index is 12.6. The number of nitrogen functional groups attached to an aromatic ring is 1. The average molecular weight is 557 g/mol. The van der Waals surface area contributed by atoms with Gasteiger partial charge in [0.1, 0.15) is 11.9 Å². The lowest BCUT2D eigenvalue weighted by Gasteiger charge is -2.12. The van der Waals surface area contributed by atoms with Gasteiger partial charge in [0.2, 0.25) is 23.0 Å². The van der Waals surface area contributed by atoms with Crippen LogP contribution >= 0.6 is 34.8 Å². The second-order valence-corrected chi connectivity index (χ2v) is 8.10. The summed E-state index contributed by atoms with van der Waals surface area (Å²) in [7, 11) is 0. The van der Waals surface area contributed by atoms with Crippen molar-refractivity contribution in [3.8, 4) is 5.69 Å². The molecule has 0 aliphatic rings. The summed E-state index contributed by atoms with van der Waals surface area (Å²) < 4.78 is 38.7. The van der Waals surface area contributed by atoms with E-state index in [1.165, 1.54) is 0 Å². The summed E-state index contributed by atoms with van der Waals surface area (Å²) in [6.45, 7) is 6.73. The van der Waals surface area contributed by atoms with E-state index in [-0.39, 0.29) is 27.1 Å². The molecule has 0 fully saturated rings. The van der Waals surface area contributed by atoms with Gasteiger partial charge in [-0.2, -0.15) is 33.2 Å². The number of alkyl halides is 3. The number of halogens is 6. The largest absolute Gasteiger partial charge is 0.416 e. The number of benzene rings is 1. The van der Waals surface area contributed by atoms with Crippen LogP contribution in [-0.4, -0.2) is 42.2 Å². The molecule has 0 amide bonds. The second kappa shape index (κ2) is 11.6. The van der Waals surface area contributed by atoms with Crippen molar-refractivity contribution in [2.45, 2.75) is 33.0 Å². The molecule has 0 aliphatic carbocycles. The van der Waals surface area contributed by atoms with Gasteiger partial charge in [-0.15, -0.1) is 0 Å². The van der Waals surface area contributed by atoms with Crippen LogP contribution in [0, 0.1) is 10.1 Å². The average Bonchev–Trinajstić information content (AvgIpc) is 3.08. The normalized spacial score (nSPS) is 11.1. The molecule has 35 heavy (non-hydrogen) atoms. The fraction of sp³-hybridized carbons (Fsp3) is 0.333. The zero-order chi connectivity index (χ0) is 26.5. The highest BCUT2D eigenvalue weighted by Gasteiger charge is 2.33. The van der Waals surface area contributed by atoms with Gasteiger partial charge in [-0.1, -0.05) is 23.2 Å². The molecule has 1 aromatic carbocycles. The standard InChI is InChI=1S/C10H5Cl2F3N4O2.C8H14ClN5/c11-5-1-4(10(13,14)15)2-6(12)8(5)18-9(16)7(3-17-18)19(20)21;1-4-10-7-12-6(9)13-8(14-7)11-5(2)3/h1-3H,16H2;5H,4H2,1-3H3,(H2,10,11,12,13,14). The molecule has 2 heterocycles. The third-order valence-corrected chi connectivity index (χ3v) is 4.64. The molecular weight excluding hydrogens is 538 g/mol. The molecule has 0 aliphatic heterocycles. The van der Waals surface area contributed by atoms with E-state index < -0.39 is 28.2 Å². The lowest BCUT2D eigenvalue weighted by molar-refractivity contribution is -0.383. The molecule has 0 spiro atoms. The number of nitrogens with one attached hydrogen (secondary N) is 2. The van der Waals surface area contributed by atoms with Crippen LogP contribution in [0.1, 0.15) is 26.3 Å². The van der Waals surface area contributed by atoms with Crippen LogP contribution in [-0.2, 0) is 6.18 Å². The van der Waals surface area contributed by atoms with E-state index >= 15 is 0 Å². The fourth-order valence-electron chi connectivity index (χ4n) is 2.51. The summed E-state index contributed by atoms with van der Waals surface area (Å²) in [5.74, 6) is 0.593. The zero-order valence-electron chi connectivity index (χ0n) is 18.4. The van der Waals surface area contributed by atoms with Crippen LogP contribution in [0.2, 0.25) is 15.3 Å². The highest BCUT2D eigenvalue weighted by atomic mass is 35.5. The summed E-state index contributed by atoms with van der Waals surface area (Å²) in [6.07, 6.45) is -3.78. The highest BCUT2D eigenvalue weighted by molar-refractivity contribution is 6.38. The molecular formula is C18H19Cl3F3N9O2. The molecule has 17 heteroatoms. The van der Waals surface area contributed by atoms with Gasteiger partial charge in [0.05, 0.1) is 20.5 Å². The first-order valence-corrected chi connectivity index (χ1v) is 10.8. The van der Waals surface area contributed by atoms with E-state index in [1.54, 1.807) is 0 Å². The van der Waals surface area contributed by atoms with Crippen molar-refractivity contribution in [2.75, 3.05) is 22.9 Å². The maximum atomic E-state index is 12.6. The Hall–Kier alpha value is -3.10. The van der Waals surface area contributed by atoms with Gasteiger partial charge in [-0.3, -0.25) is 10.1 Å². The smallest absolute Gasteiger partial charge is 0.378 e. The molecule has 3 aromatic rings. The molecule has 11 nitrogen and oxygen atoms in total. The third-order valence-electron chi connectivity index (χ3n) is 3.90. The van der Waals surface area contributed by atoms with Crippen LogP contribution in [0.5, 0.6) is 0 Å². The molecule has 0 radical (unpaired) electrons. The number of rotatable bonds is 6. The number of hydrogen-bond acceptors (Lipinski definition) is 9. The number of nitrogens with zero attached hydrogens (tertiary/aromatic N) is 6. The van der Waals surface area contributed by atoms with Gasteiger partial charge >= 0.3 is 11.9 Å². The number of hydrogen-bond donors (Lipinski definition) is 3. The van der Waals surface area contributed by atoms with Crippen LogP contribution in [0.15, 0.2) is 18.3 Å². The molecule has 0 bridgehead atoms. The first-order chi connectivity index (χ1) is 16.2. The summed E-state index contributed by atoms with van der Waals surface area (Å²) in [4.78, 5) is 21.9. The Kier molecular flexibility index (Phi) is 9.29. The van der Waals surface area contributed by atoms with Gasteiger partial charge in [-0.05, 0) is 44.5 Å². The number of nitro groups is 1. The number of anilines is 3. The Morgan fingerprint density at radius 1 is 1.14 bits per heavy atom. The molecule has 0 saturated heterocycles. The number of aromatic nitrogens is 5. The molecule has 0 saturated carbocycles. The van der Waals surface area contributed by atoms with Gasteiger partial charge in [-0.25, -0.2) is 4.68 Å². The predicted octanol–water partition coefficient (Wildman–Crippen LogP) is 5.47. The van der Waals surface area contributed by atoms with Crippen molar-refractivity contribution in [1.82, 2.24) is 24.7 Å². The highest BCUT2D eigenvalue weighted by Crippen LogP contribution is 2.38. The molecule has 0 atom stereocenters. The summed E-state index contributed by atoms with van der Waals surface area (Å²) in [5, 5.41) is 19.7. The van der Waals surface area contributed by atoms with Gasteiger partial charge in [0.15, 0.2) is 0 Å². The second-order valence-electron chi connectivity index (χ2n) is 6.95. The molecule has 4 N–H and O–H groups in total. The minimum absolute atomic E-state index is 0.170. The van der Waals surface area contributed by atoms with Gasteiger partial charge in [0.25, 0.3) is 0 Å². The monoisotopic (exact) mass is 555 g/mol. The molecule has 3 rings (SSSR count). The summed E-state index contributed by atoms with van der Waals surface area (Å²) >= 11 is 17.3. The lowest BCUT2D eigenvalue weighted by atomic mass is 10.2. The van der Waals surface area contributed by atoms with Crippen LogP contribution < -0.4 is 16.4 Å². The Morgan fingerprint density at radius 3 is 2.17 bits per heavy atom. The minimum atomic E-state index is -4.63. The van der Waals surface area contributed by atoms with Crippen molar-refractivity contribution in [3.63, 3.8) is 0 Å². The first kappa shape index (κ1) is 28.1. The van der Waals surface area contributed by atoms with Gasteiger partial charge in [0, 0.05) is 12.6 Å². The van der Waals surface area contributed by atoms with Crippen molar-refractivity contribution in [3.05, 3.63) is 49.3 Å². The van der Waals surface area contributed by atoms with E-state index in [0.717, 1.165) is 17.4 Å². The SMILES string of the molecule is CCNc1nc(Cl)nc(NC(C)C)n1.Nc1c([N+](=O)[O-])cnn1-c1c(Cl)cc(C(F)(F)F)cc1Cl. The van der Waals surface area contributed by atoms with Gasteiger partial charge < -0.3 is 16.4 Å². The maximum Gasteiger partial charge on any atom is 0.416 e. The van der Waals surface area contributed by atoms with E-state index in [2.05, 4.69) is 30.7 Å². The third kappa shape index (κ3) is 7.44. The molecule has 0 unspecified atom stereocenters. The minimum Gasteiger partial charge on any atom is -0.378 e. The topological polar surface area (TPSA) is 150 Å². The van der Waals surface area contributed by atoms with E-state index in [4.69, 9.17) is 40.5 Å². The van der Waals surface area contributed by atoms with Crippen molar-refractivity contribution in [1.29, 1.82) is 0 Å². The first-order valence-electron chi connectivity index (χ1n) is 9.71. The summed E-state index contributed by atoms with van der Waals surface area (Å²) in [6, 6.07) is 1.54. The molecule has 190 valence electrons. The van der Waals surface area contributed by atoms with E-state index in [9.17, 15) is 23.3 Å². The van der Waals surface area contributed by atoms with Crippen molar-refractivity contribution in [2.24, 2.45) is 0 Å². The zero-order valence-corrected chi connectivity index (χ0v) is 20.6. The van der Waals surface area contributed by atoms with Crippen LogP contribution in [0.3, 0.4) is 0 Å². The Bertz CT molecular complexity index is 1180. The van der Waals surface area contributed by atoms with E-state index in [0.29, 0.717) is 24.0 Å². The van der Waals surface area contributed by atoms with Crippen LogP contribution in [0.4, 0.5) is 36.6 Å². The summed E-state index contributed by atoms with van der Waals surface area (Å²) in [5.41, 5.74) is 3.78.